The van der Waals surface area contributed by atoms with E-state index in [0.29, 0.717) is 11.5 Å². The van der Waals surface area contributed by atoms with Crippen molar-refractivity contribution >= 4 is 18.3 Å². The smallest absolute Gasteiger partial charge is 0.423 e. The Morgan fingerprint density at radius 1 is 1.24 bits per heavy atom. The van der Waals surface area contributed by atoms with Crippen molar-refractivity contribution in [2.75, 3.05) is 13.1 Å². The molecule has 2 rings (SSSR count). The van der Waals surface area contributed by atoms with Crippen LogP contribution < -0.4 is 16.1 Å². The maximum atomic E-state index is 9.29. The van der Waals surface area contributed by atoms with Crippen LogP contribution in [0.15, 0.2) is 29.8 Å². The minimum absolute atomic E-state index is 0.522. The molecular weight excluding hydrogens is 263 g/mol. The molecule has 1 aliphatic carbocycles. The molecule has 0 heterocycles. The zero-order chi connectivity index (χ0) is 15.2. The Balaban J connectivity index is 1.95. The van der Waals surface area contributed by atoms with Crippen LogP contribution in [0.3, 0.4) is 0 Å². The number of allylic oxidation sites excluding steroid dienone is 1. The molecule has 1 aromatic carbocycles. The first kappa shape index (κ1) is 16.1. The number of benzene rings is 1. The molecule has 0 unspecified atom stereocenters. The lowest BCUT2D eigenvalue weighted by Gasteiger charge is -2.13. The van der Waals surface area contributed by atoms with Gasteiger partial charge in [0.15, 0.2) is 0 Å². The quantitative estimate of drug-likeness (QED) is 0.423. The monoisotopic (exact) mass is 288 g/mol. The highest BCUT2D eigenvalue weighted by Gasteiger charge is 2.20. The first-order chi connectivity index (χ1) is 10.1. The van der Waals surface area contributed by atoms with E-state index in [1.165, 1.54) is 11.3 Å². The van der Waals surface area contributed by atoms with Crippen LogP contribution in [0.25, 0.3) is 5.70 Å². The van der Waals surface area contributed by atoms with Gasteiger partial charge < -0.3 is 20.7 Å². The van der Waals surface area contributed by atoms with Crippen molar-refractivity contribution in [1.29, 1.82) is 0 Å². The molecule has 0 spiro atoms. The van der Waals surface area contributed by atoms with Gasteiger partial charge in [0.2, 0.25) is 0 Å². The predicted octanol–water partition coefficient (Wildman–Crippen LogP) is 0.849. The fourth-order valence-corrected chi connectivity index (χ4v) is 2.29. The Morgan fingerprint density at radius 2 is 2.00 bits per heavy atom. The minimum Gasteiger partial charge on any atom is -0.423 e. The number of hydrogen-bond acceptors (Lipinski definition) is 4. The van der Waals surface area contributed by atoms with E-state index in [1.54, 1.807) is 6.07 Å². The van der Waals surface area contributed by atoms with Gasteiger partial charge in [0.05, 0.1) is 0 Å². The van der Waals surface area contributed by atoms with E-state index >= 15 is 0 Å². The van der Waals surface area contributed by atoms with Gasteiger partial charge in [-0.05, 0) is 42.4 Å². The molecule has 0 saturated heterocycles. The third-order valence-electron chi connectivity index (χ3n) is 3.53. The van der Waals surface area contributed by atoms with Crippen molar-refractivity contribution in [3.63, 3.8) is 0 Å². The number of rotatable bonds is 8. The van der Waals surface area contributed by atoms with Crippen molar-refractivity contribution in [3.05, 3.63) is 35.4 Å². The average molecular weight is 288 g/mol. The van der Waals surface area contributed by atoms with Gasteiger partial charge in [-0.3, -0.25) is 0 Å². The van der Waals surface area contributed by atoms with Gasteiger partial charge in [0.1, 0.15) is 0 Å². The molecule has 1 saturated carbocycles. The van der Waals surface area contributed by atoms with Gasteiger partial charge in [0.25, 0.3) is 0 Å². The van der Waals surface area contributed by atoms with Crippen molar-refractivity contribution in [2.24, 2.45) is 0 Å². The Morgan fingerprint density at radius 3 is 2.62 bits per heavy atom. The third kappa shape index (κ3) is 5.19. The molecule has 1 aliphatic rings. The van der Waals surface area contributed by atoms with Gasteiger partial charge in [0, 0.05) is 18.3 Å². The van der Waals surface area contributed by atoms with Crippen LogP contribution in [-0.2, 0) is 0 Å². The zero-order valence-corrected chi connectivity index (χ0v) is 12.9. The van der Waals surface area contributed by atoms with Crippen LogP contribution in [0.1, 0.15) is 38.7 Å². The second kappa shape index (κ2) is 7.64. The normalized spacial score (nSPS) is 13.5. The highest BCUT2D eigenvalue weighted by atomic mass is 16.4. The molecule has 0 aromatic heterocycles. The van der Waals surface area contributed by atoms with Crippen molar-refractivity contribution in [3.8, 4) is 0 Å². The SMILES string of the molecule is CC(C)NCCCNC(=C1CC1)c1cccc(B(O)O)c1. The molecule has 4 nitrogen and oxygen atoms in total. The van der Waals surface area contributed by atoms with E-state index in [1.807, 2.05) is 18.2 Å². The molecule has 114 valence electrons. The number of nitrogens with one attached hydrogen (secondary N) is 2. The Labute approximate surface area is 127 Å². The largest absolute Gasteiger partial charge is 0.488 e. The lowest BCUT2D eigenvalue weighted by molar-refractivity contribution is 0.426. The summed E-state index contributed by atoms with van der Waals surface area (Å²) < 4.78 is 0. The Hall–Kier alpha value is -1.30. The van der Waals surface area contributed by atoms with Gasteiger partial charge in [-0.15, -0.1) is 0 Å². The van der Waals surface area contributed by atoms with Crippen LogP contribution in [0.5, 0.6) is 0 Å². The fraction of sp³-hybridized carbons (Fsp3) is 0.500. The molecule has 0 atom stereocenters. The first-order valence-corrected chi connectivity index (χ1v) is 7.73. The maximum absolute atomic E-state index is 9.29. The second-order valence-corrected chi connectivity index (χ2v) is 5.87. The fourth-order valence-electron chi connectivity index (χ4n) is 2.29. The van der Waals surface area contributed by atoms with Crippen LogP contribution in [0.4, 0.5) is 0 Å². The van der Waals surface area contributed by atoms with Crippen LogP contribution in [0.2, 0.25) is 0 Å². The predicted molar refractivity (Wildman–Crippen MR) is 88.2 cm³/mol. The summed E-state index contributed by atoms with van der Waals surface area (Å²) in [5, 5.41) is 25.5. The van der Waals surface area contributed by atoms with E-state index in [0.717, 1.165) is 37.9 Å². The topological polar surface area (TPSA) is 64.5 Å². The maximum Gasteiger partial charge on any atom is 0.488 e. The highest BCUT2D eigenvalue weighted by Crippen LogP contribution is 2.34. The van der Waals surface area contributed by atoms with E-state index in [4.69, 9.17) is 0 Å². The van der Waals surface area contributed by atoms with Gasteiger partial charge in [-0.2, -0.15) is 0 Å². The molecule has 21 heavy (non-hydrogen) atoms. The van der Waals surface area contributed by atoms with Crippen LogP contribution in [0, 0.1) is 0 Å². The van der Waals surface area contributed by atoms with Gasteiger partial charge in [-0.25, -0.2) is 0 Å². The standard InChI is InChI=1S/C16H25BN2O2/c1-12(2)18-9-4-10-19-16(13-7-8-13)14-5-3-6-15(11-14)17(20)21/h3,5-6,11-12,18-21H,4,7-10H2,1-2H3. The van der Waals surface area contributed by atoms with Gasteiger partial charge in [-0.1, -0.05) is 38.1 Å². The molecule has 1 fully saturated rings. The summed E-state index contributed by atoms with van der Waals surface area (Å²) in [6.07, 6.45) is 3.34. The van der Waals surface area contributed by atoms with Crippen LogP contribution >= 0.6 is 0 Å². The summed E-state index contributed by atoms with van der Waals surface area (Å²) in [6.45, 7) is 6.22. The molecule has 0 amide bonds. The molecule has 0 aliphatic heterocycles. The summed E-state index contributed by atoms with van der Waals surface area (Å²) >= 11 is 0. The summed E-state index contributed by atoms with van der Waals surface area (Å²) in [4.78, 5) is 0. The Bertz CT molecular complexity index is 495. The molecular formula is C16H25BN2O2. The zero-order valence-electron chi connectivity index (χ0n) is 12.9. The summed E-state index contributed by atoms with van der Waals surface area (Å²) in [6, 6.07) is 8.00. The lowest BCUT2D eigenvalue weighted by atomic mass is 9.79. The van der Waals surface area contributed by atoms with Gasteiger partial charge >= 0.3 is 7.12 Å². The van der Waals surface area contributed by atoms with Crippen molar-refractivity contribution in [1.82, 2.24) is 10.6 Å². The highest BCUT2D eigenvalue weighted by molar-refractivity contribution is 6.58. The van der Waals surface area contributed by atoms with Crippen LogP contribution in [-0.4, -0.2) is 36.3 Å². The van der Waals surface area contributed by atoms with Crippen molar-refractivity contribution < 1.29 is 10.0 Å². The van der Waals surface area contributed by atoms with E-state index in [2.05, 4.69) is 24.5 Å². The van der Waals surface area contributed by atoms with E-state index < -0.39 is 7.12 Å². The Kier molecular flexibility index (Phi) is 5.85. The molecule has 4 N–H and O–H groups in total. The first-order valence-electron chi connectivity index (χ1n) is 7.73. The average Bonchev–Trinajstić information content (AvgIpc) is 3.27. The lowest BCUT2D eigenvalue weighted by Crippen LogP contribution is -2.30. The van der Waals surface area contributed by atoms with Crippen molar-refractivity contribution in [2.45, 2.75) is 39.2 Å². The molecule has 1 aromatic rings. The minimum atomic E-state index is -1.41. The second-order valence-electron chi connectivity index (χ2n) is 5.87. The number of hydrogen-bond donors (Lipinski definition) is 4. The summed E-state index contributed by atoms with van der Waals surface area (Å²) in [5.74, 6) is 0. The third-order valence-corrected chi connectivity index (χ3v) is 3.53. The molecule has 0 bridgehead atoms. The summed E-state index contributed by atoms with van der Waals surface area (Å²) in [5.41, 5.74) is 4.18. The van der Waals surface area contributed by atoms with E-state index in [-0.39, 0.29) is 0 Å². The molecule has 5 heteroatoms. The summed E-state index contributed by atoms with van der Waals surface area (Å²) in [7, 11) is -1.41. The molecule has 0 radical (unpaired) electrons. The van der Waals surface area contributed by atoms with E-state index in [9.17, 15) is 10.0 Å².